The summed E-state index contributed by atoms with van der Waals surface area (Å²) in [5.74, 6) is 0.444. The molecule has 0 aromatic rings. The Bertz CT molecular complexity index is 348. The van der Waals surface area contributed by atoms with Crippen LogP contribution in [0.25, 0.3) is 0 Å². The van der Waals surface area contributed by atoms with Crippen molar-refractivity contribution in [3.05, 3.63) is 0 Å². The molecule has 3 N–H and O–H groups in total. The maximum atomic E-state index is 11.3. The lowest BCUT2D eigenvalue weighted by atomic mass is 9.86. The van der Waals surface area contributed by atoms with Gasteiger partial charge < -0.3 is 16.0 Å². The first kappa shape index (κ1) is 14.6. The molecule has 0 radical (unpaired) electrons. The summed E-state index contributed by atoms with van der Waals surface area (Å²) in [5, 5.41) is 4.31. The van der Waals surface area contributed by atoms with E-state index in [0.717, 1.165) is 24.5 Å². The van der Waals surface area contributed by atoms with Gasteiger partial charge in [-0.05, 0) is 43.8 Å². The third-order valence-corrected chi connectivity index (χ3v) is 4.91. The van der Waals surface area contributed by atoms with Gasteiger partial charge in [0.15, 0.2) is 5.11 Å². The second kappa shape index (κ2) is 6.55. The molecule has 1 heterocycles. The van der Waals surface area contributed by atoms with Crippen molar-refractivity contribution in [1.82, 2.24) is 10.2 Å². The quantitative estimate of drug-likeness (QED) is 0.756. The number of thiocarbonyl (C=S) groups is 1. The zero-order valence-electron chi connectivity index (χ0n) is 11.7. The number of hydrogen-bond donors (Lipinski definition) is 2. The van der Waals surface area contributed by atoms with Crippen LogP contribution in [0.3, 0.4) is 0 Å². The first-order chi connectivity index (χ1) is 9.08. The minimum absolute atomic E-state index is 0.0442. The zero-order chi connectivity index (χ0) is 13.8. The van der Waals surface area contributed by atoms with Crippen molar-refractivity contribution in [2.75, 3.05) is 13.1 Å². The molecule has 0 spiro atoms. The second-order valence-electron chi connectivity index (χ2n) is 6.01. The Morgan fingerprint density at radius 2 is 2.00 bits per heavy atom. The molecule has 1 aliphatic heterocycles. The van der Waals surface area contributed by atoms with Gasteiger partial charge in [0, 0.05) is 19.1 Å². The van der Waals surface area contributed by atoms with Crippen molar-refractivity contribution >= 4 is 23.2 Å². The number of nitrogens with two attached hydrogens (primary N) is 1. The fourth-order valence-corrected chi connectivity index (χ4v) is 3.49. The van der Waals surface area contributed by atoms with Crippen molar-refractivity contribution in [3.63, 3.8) is 0 Å². The number of piperidine rings is 1. The van der Waals surface area contributed by atoms with Crippen LogP contribution >= 0.6 is 12.2 Å². The highest BCUT2D eigenvalue weighted by Crippen LogP contribution is 2.24. The number of amides is 1. The SMILES string of the molecule is CC1CCCCC1NC(=S)N1CCCC(C(N)=O)C1. The first-order valence-corrected chi connectivity index (χ1v) is 7.83. The number of primary amides is 1. The van der Waals surface area contributed by atoms with Crippen LogP contribution in [0.1, 0.15) is 45.4 Å². The van der Waals surface area contributed by atoms with E-state index in [9.17, 15) is 4.79 Å². The predicted molar refractivity (Wildman–Crippen MR) is 80.6 cm³/mol. The number of nitrogens with zero attached hydrogens (tertiary/aromatic N) is 1. The number of hydrogen-bond acceptors (Lipinski definition) is 2. The summed E-state index contributed by atoms with van der Waals surface area (Å²) in [6.45, 7) is 3.92. The predicted octanol–water partition coefficient (Wildman–Crippen LogP) is 1.64. The molecule has 2 fully saturated rings. The molecule has 0 aromatic heterocycles. The highest BCUT2D eigenvalue weighted by atomic mass is 32.1. The molecule has 1 saturated heterocycles. The summed E-state index contributed by atoms with van der Waals surface area (Å²) in [5.41, 5.74) is 5.41. The molecule has 1 aliphatic carbocycles. The summed E-state index contributed by atoms with van der Waals surface area (Å²) in [6, 6.07) is 0.496. The van der Waals surface area contributed by atoms with Gasteiger partial charge >= 0.3 is 0 Å². The van der Waals surface area contributed by atoms with Crippen molar-refractivity contribution < 1.29 is 4.79 Å². The molecule has 4 nitrogen and oxygen atoms in total. The smallest absolute Gasteiger partial charge is 0.222 e. The monoisotopic (exact) mass is 283 g/mol. The Kier molecular flexibility index (Phi) is 5.02. The van der Waals surface area contributed by atoms with Crippen LogP contribution < -0.4 is 11.1 Å². The van der Waals surface area contributed by atoms with Gasteiger partial charge in [-0.2, -0.15) is 0 Å². The molecule has 1 saturated carbocycles. The molecule has 2 rings (SSSR count). The van der Waals surface area contributed by atoms with Crippen LogP contribution in [0.2, 0.25) is 0 Å². The second-order valence-corrected chi connectivity index (χ2v) is 6.39. The molecule has 1 amide bonds. The third kappa shape index (κ3) is 3.81. The van der Waals surface area contributed by atoms with Gasteiger partial charge in [-0.15, -0.1) is 0 Å². The fraction of sp³-hybridized carbons (Fsp3) is 0.857. The Balaban J connectivity index is 1.86. The number of nitrogens with one attached hydrogen (secondary N) is 1. The Morgan fingerprint density at radius 1 is 1.26 bits per heavy atom. The van der Waals surface area contributed by atoms with E-state index in [0.29, 0.717) is 18.5 Å². The van der Waals surface area contributed by atoms with E-state index in [-0.39, 0.29) is 11.8 Å². The lowest BCUT2D eigenvalue weighted by Crippen LogP contribution is -2.52. The van der Waals surface area contributed by atoms with E-state index in [4.69, 9.17) is 18.0 Å². The summed E-state index contributed by atoms with van der Waals surface area (Å²) in [4.78, 5) is 13.4. The molecular weight excluding hydrogens is 258 g/mol. The maximum Gasteiger partial charge on any atom is 0.222 e. The third-order valence-electron chi connectivity index (χ3n) is 4.53. The standard InChI is InChI=1S/C14H25N3OS/c1-10-5-2-3-7-12(10)16-14(19)17-8-4-6-11(9-17)13(15)18/h10-12H,2-9H2,1H3,(H2,15,18)(H,16,19). The topological polar surface area (TPSA) is 58.4 Å². The molecule has 0 aromatic carbocycles. The summed E-state index contributed by atoms with van der Waals surface area (Å²) in [7, 11) is 0. The van der Waals surface area contributed by atoms with Crippen molar-refractivity contribution in [2.45, 2.75) is 51.5 Å². The van der Waals surface area contributed by atoms with E-state index < -0.39 is 0 Å². The van der Waals surface area contributed by atoms with Crippen molar-refractivity contribution in [1.29, 1.82) is 0 Å². The van der Waals surface area contributed by atoms with E-state index in [1.165, 1.54) is 25.7 Å². The largest absolute Gasteiger partial charge is 0.369 e. The van der Waals surface area contributed by atoms with E-state index >= 15 is 0 Å². The van der Waals surface area contributed by atoms with Crippen LogP contribution in [0.4, 0.5) is 0 Å². The molecule has 2 aliphatic rings. The number of carbonyl (C=O) groups is 1. The molecule has 19 heavy (non-hydrogen) atoms. The van der Waals surface area contributed by atoms with Crippen molar-refractivity contribution in [2.24, 2.45) is 17.6 Å². The molecule has 5 heteroatoms. The molecule has 0 bridgehead atoms. The summed E-state index contributed by atoms with van der Waals surface area (Å²) >= 11 is 5.51. The zero-order valence-corrected chi connectivity index (χ0v) is 12.5. The van der Waals surface area contributed by atoms with E-state index in [1.54, 1.807) is 0 Å². The number of rotatable bonds is 2. The molecule has 3 atom stereocenters. The van der Waals surface area contributed by atoms with Gasteiger partial charge in [0.05, 0.1) is 5.92 Å². The lowest BCUT2D eigenvalue weighted by molar-refractivity contribution is -0.122. The highest BCUT2D eigenvalue weighted by molar-refractivity contribution is 7.80. The average molecular weight is 283 g/mol. The normalized spacial score (nSPS) is 31.8. The lowest BCUT2D eigenvalue weighted by Gasteiger charge is -2.37. The Hall–Kier alpha value is -0.840. The van der Waals surface area contributed by atoms with Crippen LogP contribution in [0, 0.1) is 11.8 Å². The van der Waals surface area contributed by atoms with Gasteiger partial charge in [-0.1, -0.05) is 19.8 Å². The fourth-order valence-electron chi connectivity index (χ4n) is 3.17. The van der Waals surface area contributed by atoms with Crippen LogP contribution in [0.5, 0.6) is 0 Å². The van der Waals surface area contributed by atoms with Gasteiger partial charge in [0.2, 0.25) is 5.91 Å². The van der Waals surface area contributed by atoms with Crippen molar-refractivity contribution in [3.8, 4) is 0 Å². The number of likely N-dealkylation sites (tertiary alicyclic amines) is 1. The minimum atomic E-state index is -0.196. The Labute approximate surface area is 121 Å². The first-order valence-electron chi connectivity index (χ1n) is 7.42. The molecule has 3 unspecified atom stereocenters. The van der Waals surface area contributed by atoms with Gasteiger partial charge in [0.1, 0.15) is 0 Å². The summed E-state index contributed by atoms with van der Waals surface area (Å²) < 4.78 is 0. The van der Waals surface area contributed by atoms with Gasteiger partial charge in [-0.25, -0.2) is 0 Å². The highest BCUT2D eigenvalue weighted by Gasteiger charge is 2.28. The van der Waals surface area contributed by atoms with Crippen LogP contribution in [-0.4, -0.2) is 35.1 Å². The molecular formula is C14H25N3OS. The van der Waals surface area contributed by atoms with Crippen LogP contribution in [0.15, 0.2) is 0 Å². The Morgan fingerprint density at radius 3 is 2.68 bits per heavy atom. The molecule has 108 valence electrons. The number of carbonyl (C=O) groups excluding carboxylic acids is 1. The average Bonchev–Trinajstić information content (AvgIpc) is 2.41. The summed E-state index contributed by atoms with van der Waals surface area (Å²) in [6.07, 6.45) is 7.00. The van der Waals surface area contributed by atoms with E-state index in [2.05, 4.69) is 17.1 Å². The maximum absolute atomic E-state index is 11.3. The van der Waals surface area contributed by atoms with Gasteiger partial charge in [-0.3, -0.25) is 4.79 Å². The van der Waals surface area contributed by atoms with Crippen LogP contribution in [-0.2, 0) is 4.79 Å². The minimum Gasteiger partial charge on any atom is -0.369 e. The van der Waals surface area contributed by atoms with E-state index in [1.807, 2.05) is 0 Å². The van der Waals surface area contributed by atoms with Gasteiger partial charge in [0.25, 0.3) is 0 Å².